The van der Waals surface area contributed by atoms with Crippen molar-refractivity contribution in [3.05, 3.63) is 36.0 Å². The second-order valence-electron chi connectivity index (χ2n) is 5.20. The normalized spacial score (nSPS) is 10.1. The highest BCUT2D eigenvalue weighted by molar-refractivity contribution is 5.75. The minimum atomic E-state index is 0.0313. The Labute approximate surface area is 141 Å². The number of rotatable bonds is 8. The van der Waals surface area contributed by atoms with E-state index in [1.807, 2.05) is 44.2 Å². The summed E-state index contributed by atoms with van der Waals surface area (Å²) < 4.78 is 5.14. The van der Waals surface area contributed by atoms with Gasteiger partial charge in [0.2, 0.25) is 11.9 Å². The van der Waals surface area contributed by atoms with Gasteiger partial charge in [-0.25, -0.2) is 4.98 Å². The van der Waals surface area contributed by atoms with Gasteiger partial charge in [0.1, 0.15) is 11.6 Å². The van der Waals surface area contributed by atoms with E-state index in [0.717, 1.165) is 17.1 Å². The monoisotopic (exact) mass is 329 g/mol. The van der Waals surface area contributed by atoms with Gasteiger partial charge in [0.25, 0.3) is 0 Å². The molecule has 0 saturated heterocycles. The molecule has 0 saturated carbocycles. The lowest BCUT2D eigenvalue weighted by Crippen LogP contribution is -2.28. The summed E-state index contributed by atoms with van der Waals surface area (Å²) in [6.07, 6.45) is 0.483. The number of carbonyl (C=O) groups excluding carboxylic acids is 1. The van der Waals surface area contributed by atoms with Gasteiger partial charge in [0.05, 0.1) is 7.11 Å². The number of aromatic nitrogens is 2. The maximum atomic E-state index is 11.2. The van der Waals surface area contributed by atoms with Gasteiger partial charge in [-0.1, -0.05) is 6.92 Å². The van der Waals surface area contributed by atoms with Crippen LogP contribution in [0.4, 0.5) is 17.5 Å². The Hall–Kier alpha value is -2.83. The van der Waals surface area contributed by atoms with Crippen LogP contribution in [0.3, 0.4) is 0 Å². The maximum Gasteiger partial charge on any atom is 0.224 e. The highest BCUT2D eigenvalue weighted by atomic mass is 16.5. The van der Waals surface area contributed by atoms with Crippen molar-refractivity contribution in [2.45, 2.75) is 20.3 Å². The molecular weight excluding hydrogens is 306 g/mol. The number of aryl methyl sites for hydroxylation is 1. The number of nitrogens with zero attached hydrogens (tertiary/aromatic N) is 2. The number of hydrogen-bond acceptors (Lipinski definition) is 6. The Bertz CT molecular complexity index is 673. The number of benzene rings is 1. The van der Waals surface area contributed by atoms with Gasteiger partial charge in [-0.3, -0.25) is 4.79 Å². The van der Waals surface area contributed by atoms with Gasteiger partial charge in [-0.15, -0.1) is 0 Å². The molecule has 1 aromatic heterocycles. The summed E-state index contributed by atoms with van der Waals surface area (Å²) in [5.41, 5.74) is 1.76. The molecule has 0 radical (unpaired) electrons. The number of methoxy groups -OCH3 is 1. The van der Waals surface area contributed by atoms with Crippen molar-refractivity contribution in [2.24, 2.45) is 0 Å². The molecule has 7 nitrogen and oxygen atoms in total. The molecule has 3 N–H and O–H groups in total. The largest absolute Gasteiger partial charge is 0.497 e. The van der Waals surface area contributed by atoms with E-state index in [2.05, 4.69) is 25.9 Å². The standard InChI is InChI=1S/C17H23N5O2/c1-4-16(23)18-9-10-19-17-20-12(2)11-15(22-17)21-13-5-7-14(24-3)8-6-13/h5-8,11H,4,9-10H2,1-3H3,(H,18,23)(H2,19,20,21,22). The van der Waals surface area contributed by atoms with Crippen LogP contribution in [0.15, 0.2) is 30.3 Å². The average Bonchev–Trinajstić information content (AvgIpc) is 2.58. The molecule has 128 valence electrons. The fourth-order valence-electron chi connectivity index (χ4n) is 2.04. The smallest absolute Gasteiger partial charge is 0.224 e. The van der Waals surface area contributed by atoms with Crippen LogP contribution < -0.4 is 20.7 Å². The van der Waals surface area contributed by atoms with Crippen LogP contribution in [0.1, 0.15) is 19.0 Å². The van der Waals surface area contributed by atoms with Crippen LogP contribution in [0, 0.1) is 6.92 Å². The lowest BCUT2D eigenvalue weighted by molar-refractivity contribution is -0.120. The van der Waals surface area contributed by atoms with E-state index < -0.39 is 0 Å². The quantitative estimate of drug-likeness (QED) is 0.645. The summed E-state index contributed by atoms with van der Waals surface area (Å²) in [6.45, 7) is 4.83. The fraction of sp³-hybridized carbons (Fsp3) is 0.353. The van der Waals surface area contributed by atoms with Crippen molar-refractivity contribution in [3.63, 3.8) is 0 Å². The molecule has 0 fully saturated rings. The molecule has 0 aliphatic rings. The number of anilines is 3. The second-order valence-corrected chi connectivity index (χ2v) is 5.20. The van der Waals surface area contributed by atoms with Gasteiger partial charge in [0, 0.05) is 37.0 Å². The van der Waals surface area contributed by atoms with E-state index in [0.29, 0.717) is 31.3 Å². The molecule has 2 aromatic rings. The van der Waals surface area contributed by atoms with E-state index in [1.165, 1.54) is 0 Å². The lowest BCUT2D eigenvalue weighted by atomic mass is 10.3. The number of carbonyl (C=O) groups is 1. The topological polar surface area (TPSA) is 88.2 Å². The summed E-state index contributed by atoms with van der Waals surface area (Å²) in [4.78, 5) is 20.0. The Morgan fingerprint density at radius 1 is 1.17 bits per heavy atom. The van der Waals surface area contributed by atoms with Crippen LogP contribution in [-0.2, 0) is 4.79 Å². The number of hydrogen-bond donors (Lipinski definition) is 3. The van der Waals surface area contributed by atoms with Crippen molar-refractivity contribution in [1.82, 2.24) is 15.3 Å². The van der Waals surface area contributed by atoms with E-state index in [-0.39, 0.29) is 5.91 Å². The third kappa shape index (κ3) is 5.42. The predicted octanol–water partition coefficient (Wildman–Crippen LogP) is 2.48. The molecule has 7 heteroatoms. The highest BCUT2D eigenvalue weighted by Crippen LogP contribution is 2.19. The van der Waals surface area contributed by atoms with Gasteiger partial charge in [-0.05, 0) is 31.2 Å². The molecule has 2 rings (SSSR count). The lowest BCUT2D eigenvalue weighted by Gasteiger charge is -2.10. The van der Waals surface area contributed by atoms with E-state index >= 15 is 0 Å². The SMILES string of the molecule is CCC(=O)NCCNc1nc(C)cc(Nc2ccc(OC)cc2)n1. The summed E-state index contributed by atoms with van der Waals surface area (Å²) in [7, 11) is 1.64. The molecule has 0 aliphatic carbocycles. The zero-order chi connectivity index (χ0) is 17.4. The maximum absolute atomic E-state index is 11.2. The number of amides is 1. The molecule has 1 heterocycles. The van der Waals surface area contributed by atoms with Crippen LogP contribution in [-0.4, -0.2) is 36.1 Å². The van der Waals surface area contributed by atoms with Crippen molar-refractivity contribution in [3.8, 4) is 5.75 Å². The minimum absolute atomic E-state index is 0.0313. The predicted molar refractivity (Wildman–Crippen MR) is 94.8 cm³/mol. The molecular formula is C17H23N5O2. The zero-order valence-corrected chi connectivity index (χ0v) is 14.2. The summed E-state index contributed by atoms with van der Waals surface area (Å²) in [5.74, 6) is 2.06. The first-order chi connectivity index (χ1) is 11.6. The van der Waals surface area contributed by atoms with E-state index in [9.17, 15) is 4.79 Å². The molecule has 1 amide bonds. The van der Waals surface area contributed by atoms with Crippen LogP contribution in [0.2, 0.25) is 0 Å². The van der Waals surface area contributed by atoms with Crippen LogP contribution in [0.5, 0.6) is 5.75 Å². The Kier molecular flexibility index (Phi) is 6.36. The Morgan fingerprint density at radius 3 is 2.58 bits per heavy atom. The molecule has 0 atom stereocenters. The first-order valence-corrected chi connectivity index (χ1v) is 7.88. The summed E-state index contributed by atoms with van der Waals surface area (Å²) >= 11 is 0. The van der Waals surface area contributed by atoms with Crippen molar-refractivity contribution in [2.75, 3.05) is 30.8 Å². The molecule has 24 heavy (non-hydrogen) atoms. The third-order valence-electron chi connectivity index (χ3n) is 3.27. The minimum Gasteiger partial charge on any atom is -0.497 e. The second kappa shape index (κ2) is 8.71. The molecule has 1 aromatic carbocycles. The summed E-state index contributed by atoms with van der Waals surface area (Å²) in [5, 5.41) is 9.15. The Morgan fingerprint density at radius 2 is 1.92 bits per heavy atom. The fourth-order valence-corrected chi connectivity index (χ4v) is 2.04. The van der Waals surface area contributed by atoms with Crippen molar-refractivity contribution in [1.29, 1.82) is 0 Å². The first-order valence-electron chi connectivity index (χ1n) is 7.88. The van der Waals surface area contributed by atoms with Crippen molar-refractivity contribution < 1.29 is 9.53 Å². The van der Waals surface area contributed by atoms with Gasteiger partial charge >= 0.3 is 0 Å². The first kappa shape index (κ1) is 17.5. The number of nitrogens with one attached hydrogen (secondary N) is 3. The molecule has 0 unspecified atom stereocenters. The summed E-state index contributed by atoms with van der Waals surface area (Å²) in [6, 6.07) is 9.47. The van der Waals surface area contributed by atoms with Gasteiger partial charge in [0.15, 0.2) is 0 Å². The molecule has 0 spiro atoms. The highest BCUT2D eigenvalue weighted by Gasteiger charge is 2.03. The van der Waals surface area contributed by atoms with Gasteiger partial charge in [-0.2, -0.15) is 4.98 Å². The van der Waals surface area contributed by atoms with E-state index in [1.54, 1.807) is 7.11 Å². The van der Waals surface area contributed by atoms with Gasteiger partial charge < -0.3 is 20.7 Å². The average molecular weight is 329 g/mol. The van der Waals surface area contributed by atoms with Crippen LogP contribution in [0.25, 0.3) is 0 Å². The Balaban J connectivity index is 1.95. The molecule has 0 bridgehead atoms. The van der Waals surface area contributed by atoms with Crippen LogP contribution >= 0.6 is 0 Å². The van der Waals surface area contributed by atoms with E-state index in [4.69, 9.17) is 4.74 Å². The number of ether oxygens (including phenoxy) is 1. The third-order valence-corrected chi connectivity index (χ3v) is 3.27. The van der Waals surface area contributed by atoms with Crippen molar-refractivity contribution >= 4 is 23.4 Å². The zero-order valence-electron chi connectivity index (χ0n) is 14.2. The molecule has 0 aliphatic heterocycles.